The van der Waals surface area contributed by atoms with E-state index in [1.165, 1.54) is 36.5 Å². The van der Waals surface area contributed by atoms with E-state index < -0.39 is 15.6 Å². The summed E-state index contributed by atoms with van der Waals surface area (Å²) in [4.78, 5) is 13.9. The van der Waals surface area contributed by atoms with Crippen molar-refractivity contribution in [3.05, 3.63) is 46.9 Å². The number of pyridine rings is 1. The van der Waals surface area contributed by atoms with Gasteiger partial charge in [0.25, 0.3) is 15.6 Å². The molecule has 0 radical (unpaired) electrons. The van der Waals surface area contributed by atoms with Gasteiger partial charge in [-0.25, -0.2) is 8.42 Å². The van der Waals surface area contributed by atoms with Gasteiger partial charge in [-0.3, -0.25) is 9.52 Å². The molecule has 1 aliphatic heterocycles. The number of sulfonamides is 1. The van der Waals surface area contributed by atoms with E-state index in [0.29, 0.717) is 24.7 Å². The first kappa shape index (κ1) is 13.5. The van der Waals surface area contributed by atoms with Gasteiger partial charge in [-0.05, 0) is 24.3 Å². The zero-order chi connectivity index (χ0) is 14.9. The van der Waals surface area contributed by atoms with E-state index in [1.54, 1.807) is 0 Å². The van der Waals surface area contributed by atoms with Gasteiger partial charge in [0.15, 0.2) is 11.5 Å². The minimum absolute atomic E-state index is 0.00463. The maximum Gasteiger partial charge on any atom is 0.272 e. The first-order chi connectivity index (χ1) is 10.1. The second kappa shape index (κ2) is 5.13. The van der Waals surface area contributed by atoms with E-state index in [1.807, 2.05) is 0 Å². The number of aromatic amines is 1. The first-order valence-corrected chi connectivity index (χ1v) is 7.65. The van der Waals surface area contributed by atoms with Crippen LogP contribution in [0.4, 0.5) is 5.69 Å². The van der Waals surface area contributed by atoms with Crippen LogP contribution in [0, 0.1) is 0 Å². The van der Waals surface area contributed by atoms with Gasteiger partial charge in [0, 0.05) is 12.3 Å². The molecule has 0 spiro atoms. The van der Waals surface area contributed by atoms with Crippen molar-refractivity contribution in [2.24, 2.45) is 0 Å². The summed E-state index contributed by atoms with van der Waals surface area (Å²) < 4.78 is 37.5. The quantitative estimate of drug-likeness (QED) is 0.879. The molecule has 0 atom stereocenters. The number of rotatable bonds is 3. The molecule has 110 valence electrons. The summed E-state index contributed by atoms with van der Waals surface area (Å²) in [5.41, 5.74) is -0.564. The van der Waals surface area contributed by atoms with Gasteiger partial charge < -0.3 is 14.5 Å². The van der Waals surface area contributed by atoms with Crippen molar-refractivity contribution in [1.29, 1.82) is 0 Å². The number of nitrogens with one attached hydrogen (secondary N) is 2. The summed E-state index contributed by atoms with van der Waals surface area (Å²) in [5.74, 6) is 0.865. The molecule has 8 heteroatoms. The van der Waals surface area contributed by atoms with Crippen LogP contribution in [0.1, 0.15) is 0 Å². The molecule has 0 fully saturated rings. The average molecular weight is 308 g/mol. The summed E-state index contributed by atoms with van der Waals surface area (Å²) in [6.07, 6.45) is 1.42. The summed E-state index contributed by atoms with van der Waals surface area (Å²) in [5, 5.41) is 0. The Kier molecular flexibility index (Phi) is 3.30. The van der Waals surface area contributed by atoms with E-state index in [4.69, 9.17) is 9.47 Å². The largest absolute Gasteiger partial charge is 0.486 e. The highest BCUT2D eigenvalue weighted by molar-refractivity contribution is 7.92. The Bertz CT molecular complexity index is 828. The SMILES string of the molecule is O=c1[nH]cccc1NS(=O)(=O)c1ccc2c(c1)OCCO2. The summed E-state index contributed by atoms with van der Waals surface area (Å²) >= 11 is 0. The molecule has 21 heavy (non-hydrogen) atoms. The van der Waals surface area contributed by atoms with Crippen molar-refractivity contribution in [2.45, 2.75) is 4.90 Å². The molecule has 0 bridgehead atoms. The van der Waals surface area contributed by atoms with Crippen molar-refractivity contribution in [3.63, 3.8) is 0 Å². The highest BCUT2D eigenvalue weighted by Gasteiger charge is 2.20. The fourth-order valence-corrected chi connectivity index (χ4v) is 2.97. The van der Waals surface area contributed by atoms with Crippen molar-refractivity contribution in [2.75, 3.05) is 17.9 Å². The van der Waals surface area contributed by atoms with Gasteiger partial charge in [-0.2, -0.15) is 0 Å². The van der Waals surface area contributed by atoms with Crippen LogP contribution in [0.3, 0.4) is 0 Å². The molecule has 0 saturated carbocycles. The Hall–Kier alpha value is -2.48. The third-order valence-electron chi connectivity index (χ3n) is 2.89. The molecule has 0 amide bonds. The summed E-state index contributed by atoms with van der Waals surface area (Å²) in [6.45, 7) is 0.791. The van der Waals surface area contributed by atoms with Gasteiger partial charge >= 0.3 is 0 Å². The van der Waals surface area contributed by atoms with Crippen LogP contribution in [0.2, 0.25) is 0 Å². The predicted molar refractivity (Wildman–Crippen MR) is 75.3 cm³/mol. The molecule has 2 heterocycles. The van der Waals surface area contributed by atoms with Crippen molar-refractivity contribution >= 4 is 15.7 Å². The third kappa shape index (κ3) is 2.70. The fraction of sp³-hybridized carbons (Fsp3) is 0.154. The van der Waals surface area contributed by atoms with Crippen molar-refractivity contribution in [3.8, 4) is 11.5 Å². The second-order valence-electron chi connectivity index (χ2n) is 4.32. The molecule has 1 aromatic carbocycles. The lowest BCUT2D eigenvalue weighted by Crippen LogP contribution is -2.20. The van der Waals surface area contributed by atoms with Gasteiger partial charge in [-0.15, -0.1) is 0 Å². The topological polar surface area (TPSA) is 97.5 Å². The van der Waals surface area contributed by atoms with E-state index in [9.17, 15) is 13.2 Å². The summed E-state index contributed by atoms with van der Waals surface area (Å²) in [7, 11) is -3.87. The standard InChI is InChI=1S/C13H12N2O5S/c16-13-10(2-1-5-14-13)15-21(17,18)9-3-4-11-12(8-9)20-7-6-19-11/h1-5,8,15H,6-7H2,(H,14,16). The van der Waals surface area contributed by atoms with Crippen LogP contribution in [0.5, 0.6) is 11.5 Å². The number of anilines is 1. The molecule has 0 saturated heterocycles. The Labute approximate surface area is 120 Å². The molecule has 2 aromatic rings. The molecular formula is C13H12N2O5S. The summed E-state index contributed by atoms with van der Waals surface area (Å²) in [6, 6.07) is 7.21. The van der Waals surface area contributed by atoms with Gasteiger partial charge in [0.1, 0.15) is 18.9 Å². The molecule has 1 aliphatic rings. The highest BCUT2D eigenvalue weighted by Crippen LogP contribution is 2.32. The minimum atomic E-state index is -3.87. The van der Waals surface area contributed by atoms with E-state index >= 15 is 0 Å². The zero-order valence-corrected chi connectivity index (χ0v) is 11.6. The van der Waals surface area contributed by atoms with Crippen LogP contribution in [0.25, 0.3) is 0 Å². The van der Waals surface area contributed by atoms with Crippen molar-refractivity contribution < 1.29 is 17.9 Å². The third-order valence-corrected chi connectivity index (χ3v) is 4.25. The number of aromatic nitrogens is 1. The minimum Gasteiger partial charge on any atom is -0.486 e. The van der Waals surface area contributed by atoms with Gasteiger partial charge in [0.2, 0.25) is 0 Å². The predicted octanol–water partition coefficient (Wildman–Crippen LogP) is 0.947. The lowest BCUT2D eigenvalue weighted by Gasteiger charge is -2.18. The van der Waals surface area contributed by atoms with E-state index in [0.717, 1.165) is 0 Å². The molecule has 2 N–H and O–H groups in total. The number of ether oxygens (including phenoxy) is 2. The number of hydrogen-bond donors (Lipinski definition) is 2. The molecular weight excluding hydrogens is 296 g/mol. The van der Waals surface area contributed by atoms with Crippen LogP contribution < -0.4 is 19.8 Å². The monoisotopic (exact) mass is 308 g/mol. The molecule has 1 aromatic heterocycles. The van der Waals surface area contributed by atoms with Crippen LogP contribution in [-0.4, -0.2) is 26.6 Å². The number of H-pyrrole nitrogens is 1. The lowest BCUT2D eigenvalue weighted by atomic mass is 10.3. The molecule has 7 nitrogen and oxygen atoms in total. The smallest absolute Gasteiger partial charge is 0.272 e. The van der Waals surface area contributed by atoms with Crippen molar-refractivity contribution in [1.82, 2.24) is 4.98 Å². The highest BCUT2D eigenvalue weighted by atomic mass is 32.2. The maximum absolute atomic E-state index is 12.3. The Morgan fingerprint density at radius 3 is 2.62 bits per heavy atom. The molecule has 3 rings (SSSR count). The normalized spacial score (nSPS) is 13.7. The Balaban J connectivity index is 1.95. The first-order valence-electron chi connectivity index (χ1n) is 6.16. The van der Waals surface area contributed by atoms with Gasteiger partial charge in [-0.1, -0.05) is 0 Å². The van der Waals surface area contributed by atoms with Gasteiger partial charge in [0.05, 0.1) is 4.90 Å². The number of fused-ring (bicyclic) bond motifs is 1. The molecule has 0 unspecified atom stereocenters. The van der Waals surface area contributed by atoms with Crippen LogP contribution >= 0.6 is 0 Å². The number of hydrogen-bond acceptors (Lipinski definition) is 5. The lowest BCUT2D eigenvalue weighted by molar-refractivity contribution is 0.171. The Morgan fingerprint density at radius 2 is 1.86 bits per heavy atom. The number of benzene rings is 1. The van der Waals surface area contributed by atoms with E-state index in [2.05, 4.69) is 9.71 Å². The van der Waals surface area contributed by atoms with Crippen LogP contribution in [-0.2, 0) is 10.0 Å². The maximum atomic E-state index is 12.3. The fourth-order valence-electron chi connectivity index (χ4n) is 1.90. The second-order valence-corrected chi connectivity index (χ2v) is 6.01. The average Bonchev–Trinajstić information content (AvgIpc) is 2.49. The van der Waals surface area contributed by atoms with Crippen LogP contribution in [0.15, 0.2) is 46.2 Å². The van der Waals surface area contributed by atoms with E-state index in [-0.39, 0.29) is 10.6 Å². The Morgan fingerprint density at radius 1 is 1.10 bits per heavy atom. The molecule has 0 aliphatic carbocycles. The zero-order valence-electron chi connectivity index (χ0n) is 10.8.